The van der Waals surface area contributed by atoms with E-state index in [1.807, 2.05) is 30.3 Å². The highest BCUT2D eigenvalue weighted by molar-refractivity contribution is 7.89. The molecule has 0 spiro atoms. The number of benzene rings is 2. The second-order valence-corrected chi connectivity index (χ2v) is 8.87. The third kappa shape index (κ3) is 6.98. The summed E-state index contributed by atoms with van der Waals surface area (Å²) in [6, 6.07) is 12.1. The summed E-state index contributed by atoms with van der Waals surface area (Å²) in [6.07, 6.45) is 0.191. The van der Waals surface area contributed by atoms with Crippen LogP contribution in [0.2, 0.25) is 5.02 Å². The van der Waals surface area contributed by atoms with Crippen molar-refractivity contribution in [2.45, 2.75) is 37.2 Å². The molecule has 2 atom stereocenters. The molecule has 0 aromatic heterocycles. The Bertz CT molecular complexity index is 938. The van der Waals surface area contributed by atoms with E-state index < -0.39 is 22.0 Å². The Morgan fingerprint density at radius 3 is 2.47 bits per heavy atom. The Kier molecular flexibility index (Phi) is 9.10. The average molecular weight is 455 g/mol. The summed E-state index contributed by atoms with van der Waals surface area (Å²) in [5.41, 5.74) is 0.824. The predicted molar refractivity (Wildman–Crippen MR) is 116 cm³/mol. The normalized spacial score (nSPS) is 13.5. The smallest absolute Gasteiger partial charge is 0.241 e. The number of rotatable bonds is 11. The number of amides is 1. The van der Waals surface area contributed by atoms with E-state index in [0.29, 0.717) is 19.0 Å². The number of hydrogen-bond acceptors (Lipinski definition) is 5. The summed E-state index contributed by atoms with van der Waals surface area (Å²) in [6.45, 7) is 4.30. The quantitative estimate of drug-likeness (QED) is 0.544. The molecule has 164 valence electrons. The molecule has 2 unspecified atom stereocenters. The molecule has 2 aromatic carbocycles. The number of nitrogens with one attached hydrogen (secondary N) is 2. The molecule has 0 saturated carbocycles. The lowest BCUT2D eigenvalue weighted by Crippen LogP contribution is -2.50. The first-order valence-corrected chi connectivity index (χ1v) is 11.4. The van der Waals surface area contributed by atoms with Gasteiger partial charge in [-0.15, -0.1) is 0 Å². The third-order valence-corrected chi connectivity index (χ3v) is 5.98. The van der Waals surface area contributed by atoms with Crippen LogP contribution in [0.5, 0.6) is 5.75 Å². The van der Waals surface area contributed by atoms with Crippen LogP contribution in [0, 0.1) is 0 Å². The summed E-state index contributed by atoms with van der Waals surface area (Å²) in [4.78, 5) is 12.8. The Morgan fingerprint density at radius 2 is 1.87 bits per heavy atom. The van der Waals surface area contributed by atoms with Gasteiger partial charge in [0.05, 0.1) is 23.1 Å². The molecule has 0 radical (unpaired) electrons. The first kappa shape index (κ1) is 24.1. The maximum atomic E-state index is 13.0. The van der Waals surface area contributed by atoms with Gasteiger partial charge < -0.3 is 14.8 Å². The van der Waals surface area contributed by atoms with Crippen LogP contribution in [0.3, 0.4) is 0 Å². The van der Waals surface area contributed by atoms with Crippen LogP contribution in [-0.2, 0) is 26.0 Å². The van der Waals surface area contributed by atoms with Crippen molar-refractivity contribution in [3.05, 3.63) is 59.1 Å². The van der Waals surface area contributed by atoms with Crippen molar-refractivity contribution in [2.24, 2.45) is 0 Å². The van der Waals surface area contributed by atoms with Crippen LogP contribution in [0.4, 0.5) is 0 Å². The fourth-order valence-electron chi connectivity index (χ4n) is 2.85. The number of halogens is 1. The first-order valence-electron chi connectivity index (χ1n) is 9.54. The third-order valence-electron chi connectivity index (χ3n) is 4.22. The molecular formula is C21H27ClN2O5S. The highest BCUT2D eigenvalue weighted by atomic mass is 35.5. The van der Waals surface area contributed by atoms with E-state index >= 15 is 0 Å². The average Bonchev–Trinajstić information content (AvgIpc) is 2.70. The molecule has 30 heavy (non-hydrogen) atoms. The van der Waals surface area contributed by atoms with E-state index in [2.05, 4.69) is 10.0 Å². The van der Waals surface area contributed by atoms with Gasteiger partial charge in [-0.05, 0) is 44.0 Å². The lowest BCUT2D eigenvalue weighted by atomic mass is 10.1. The minimum Gasteiger partial charge on any atom is -0.492 e. The molecule has 0 saturated heterocycles. The molecule has 0 fully saturated rings. The summed E-state index contributed by atoms with van der Waals surface area (Å²) >= 11 is 6.14. The number of carbonyl (C=O) groups is 1. The van der Waals surface area contributed by atoms with Gasteiger partial charge in [-0.1, -0.05) is 41.9 Å². The second-order valence-electron chi connectivity index (χ2n) is 6.75. The first-order chi connectivity index (χ1) is 14.3. The van der Waals surface area contributed by atoms with Gasteiger partial charge in [0.15, 0.2) is 0 Å². The van der Waals surface area contributed by atoms with E-state index in [0.717, 1.165) is 5.56 Å². The van der Waals surface area contributed by atoms with Crippen LogP contribution < -0.4 is 14.8 Å². The number of carbonyl (C=O) groups excluding carboxylic acids is 1. The van der Waals surface area contributed by atoms with Gasteiger partial charge >= 0.3 is 0 Å². The highest BCUT2D eigenvalue weighted by Crippen LogP contribution is 2.27. The van der Waals surface area contributed by atoms with Crippen molar-refractivity contribution in [3.8, 4) is 5.75 Å². The molecule has 0 heterocycles. The largest absolute Gasteiger partial charge is 0.492 e. The van der Waals surface area contributed by atoms with Crippen molar-refractivity contribution in [2.75, 3.05) is 20.3 Å². The van der Waals surface area contributed by atoms with E-state index in [1.165, 1.54) is 25.3 Å². The van der Waals surface area contributed by atoms with E-state index in [-0.39, 0.29) is 22.4 Å². The van der Waals surface area contributed by atoms with Crippen LogP contribution in [0.1, 0.15) is 19.4 Å². The van der Waals surface area contributed by atoms with Crippen molar-refractivity contribution in [3.63, 3.8) is 0 Å². The van der Waals surface area contributed by atoms with Gasteiger partial charge in [-0.3, -0.25) is 4.79 Å². The minimum absolute atomic E-state index is 0.0493. The van der Waals surface area contributed by atoms with Gasteiger partial charge in [-0.2, -0.15) is 4.72 Å². The molecule has 2 rings (SSSR count). The Hall–Kier alpha value is -2.13. The highest BCUT2D eigenvalue weighted by Gasteiger charge is 2.27. The summed E-state index contributed by atoms with van der Waals surface area (Å²) in [5, 5.41) is 2.95. The van der Waals surface area contributed by atoms with Gasteiger partial charge in [-0.25, -0.2) is 8.42 Å². The van der Waals surface area contributed by atoms with Crippen molar-refractivity contribution in [1.29, 1.82) is 0 Å². The molecule has 0 aliphatic heterocycles. The van der Waals surface area contributed by atoms with Crippen LogP contribution >= 0.6 is 11.6 Å². The fourth-order valence-corrected chi connectivity index (χ4v) is 4.37. The molecular weight excluding hydrogens is 428 g/mol. The summed E-state index contributed by atoms with van der Waals surface area (Å²) in [5.74, 6) is -0.0471. The second kappa shape index (κ2) is 11.3. The molecule has 0 aliphatic carbocycles. The topological polar surface area (TPSA) is 93.7 Å². The van der Waals surface area contributed by atoms with Gasteiger partial charge in [0.2, 0.25) is 15.9 Å². The van der Waals surface area contributed by atoms with Crippen LogP contribution in [-0.4, -0.2) is 46.7 Å². The molecule has 2 N–H and O–H groups in total. The fraction of sp³-hybridized carbons (Fsp3) is 0.381. The van der Waals surface area contributed by atoms with Crippen LogP contribution in [0.25, 0.3) is 0 Å². The Balaban J connectivity index is 2.26. The lowest BCUT2D eigenvalue weighted by Gasteiger charge is -2.21. The maximum Gasteiger partial charge on any atom is 0.241 e. The zero-order chi connectivity index (χ0) is 22.1. The summed E-state index contributed by atoms with van der Waals surface area (Å²) < 4.78 is 38.8. The van der Waals surface area contributed by atoms with E-state index in [4.69, 9.17) is 21.1 Å². The standard InChI is InChI=1S/C21H27ClN2O5S/c1-4-29-20-11-10-17(13-18(20)22)30(26,27)24-19(12-16-8-6-5-7-9-16)21(25)23-15(2)14-28-3/h5-11,13,15,19,24H,4,12,14H2,1-3H3,(H,23,25). The van der Waals surface area contributed by atoms with Gasteiger partial charge in [0.25, 0.3) is 0 Å². The van der Waals surface area contributed by atoms with Gasteiger partial charge in [0.1, 0.15) is 11.8 Å². The zero-order valence-electron chi connectivity index (χ0n) is 17.2. The Labute approximate surface area is 182 Å². The Morgan fingerprint density at radius 1 is 1.17 bits per heavy atom. The molecule has 0 aliphatic rings. The predicted octanol–water partition coefficient (Wildman–Crippen LogP) is 2.78. The van der Waals surface area contributed by atoms with Gasteiger partial charge in [0, 0.05) is 13.2 Å². The molecule has 7 nitrogen and oxygen atoms in total. The zero-order valence-corrected chi connectivity index (χ0v) is 18.8. The molecule has 2 aromatic rings. The number of methoxy groups -OCH3 is 1. The van der Waals surface area contributed by atoms with Crippen molar-refractivity contribution >= 4 is 27.5 Å². The molecule has 0 bridgehead atoms. The molecule has 9 heteroatoms. The lowest BCUT2D eigenvalue weighted by molar-refractivity contribution is -0.123. The van der Waals surface area contributed by atoms with Crippen molar-refractivity contribution < 1.29 is 22.7 Å². The van der Waals surface area contributed by atoms with Crippen LogP contribution in [0.15, 0.2) is 53.4 Å². The maximum absolute atomic E-state index is 13.0. The SMILES string of the molecule is CCOc1ccc(S(=O)(=O)NC(Cc2ccccc2)C(=O)NC(C)COC)cc1Cl. The van der Waals surface area contributed by atoms with E-state index in [1.54, 1.807) is 13.8 Å². The number of sulfonamides is 1. The van der Waals surface area contributed by atoms with Crippen molar-refractivity contribution in [1.82, 2.24) is 10.0 Å². The van der Waals surface area contributed by atoms with E-state index in [9.17, 15) is 13.2 Å². The minimum atomic E-state index is -4.01. The summed E-state index contributed by atoms with van der Waals surface area (Å²) in [7, 11) is -2.48. The molecule has 1 amide bonds. The monoisotopic (exact) mass is 454 g/mol. The number of hydrogen-bond donors (Lipinski definition) is 2. The number of ether oxygens (including phenoxy) is 2.